The van der Waals surface area contributed by atoms with Gasteiger partial charge in [0.2, 0.25) is 0 Å². The van der Waals surface area contributed by atoms with Crippen LogP contribution in [0.15, 0.2) is 0 Å². The molecule has 0 aromatic carbocycles. The fraction of sp³-hybridized carbons (Fsp3) is 0.962. The van der Waals surface area contributed by atoms with Gasteiger partial charge in [-0.3, -0.25) is 18.6 Å². The lowest BCUT2D eigenvalue weighted by Crippen LogP contribution is -2.37. The maximum absolute atomic E-state index is 12.8. The summed E-state index contributed by atoms with van der Waals surface area (Å²) in [5.41, 5.74) is 0. The van der Waals surface area contributed by atoms with E-state index in [4.69, 9.17) is 18.5 Å². The van der Waals surface area contributed by atoms with Crippen molar-refractivity contribution in [2.45, 2.75) is 283 Å². The van der Waals surface area contributed by atoms with Crippen molar-refractivity contribution >= 4 is 19.8 Å². The van der Waals surface area contributed by atoms with Gasteiger partial charge < -0.3 is 18.9 Å². The minimum absolute atomic E-state index is 0.0372. The monoisotopic (exact) mass is 917 g/mol. The highest BCUT2D eigenvalue weighted by Gasteiger charge is 2.27. The third kappa shape index (κ3) is 50.3. The second kappa shape index (κ2) is 46.1. The molecule has 0 aliphatic carbocycles. The number of phosphoric ester groups is 1. The molecule has 0 fully saturated rings. The number of hydrogen-bond acceptors (Lipinski definition) is 7. The van der Waals surface area contributed by atoms with Crippen molar-refractivity contribution in [2.24, 2.45) is 0 Å². The molecule has 63 heavy (non-hydrogen) atoms. The number of ether oxygens (including phenoxy) is 2. The molecule has 0 amide bonds. The Labute approximate surface area is 391 Å². The Morgan fingerprint density at radius 1 is 0.429 bits per heavy atom. The first-order chi connectivity index (χ1) is 30.5. The molecule has 376 valence electrons. The van der Waals surface area contributed by atoms with Gasteiger partial charge in [-0.1, -0.05) is 251 Å². The van der Waals surface area contributed by atoms with Gasteiger partial charge in [0.15, 0.2) is 6.10 Å². The van der Waals surface area contributed by atoms with Crippen LogP contribution in [-0.4, -0.2) is 74.9 Å². The third-order valence-electron chi connectivity index (χ3n) is 12.4. The van der Waals surface area contributed by atoms with E-state index in [1.54, 1.807) is 0 Å². The molecule has 0 saturated heterocycles. The predicted octanol–water partition coefficient (Wildman–Crippen LogP) is 16.3. The topological polar surface area (TPSA) is 108 Å². The van der Waals surface area contributed by atoms with Crippen LogP contribution in [0.25, 0.3) is 0 Å². The number of nitrogens with zero attached hydrogens (tertiary/aromatic N) is 1. The SMILES string of the molecule is CCCCCCCCCCCCCCCCCCCCCCCCCCCC(=O)OC(COC(=O)CCCCCCCCCCCCCCCC)COP(=O)(O)OCC[N+](C)(C)C. The van der Waals surface area contributed by atoms with Gasteiger partial charge in [0.1, 0.15) is 19.8 Å². The van der Waals surface area contributed by atoms with Crippen LogP contribution in [0.2, 0.25) is 0 Å². The zero-order valence-corrected chi connectivity index (χ0v) is 43.5. The van der Waals surface area contributed by atoms with Gasteiger partial charge in [-0.05, 0) is 12.8 Å². The van der Waals surface area contributed by atoms with Crippen molar-refractivity contribution < 1.29 is 42.1 Å². The number of hydrogen-bond donors (Lipinski definition) is 1. The van der Waals surface area contributed by atoms with E-state index in [0.717, 1.165) is 38.5 Å². The summed E-state index contributed by atoms with van der Waals surface area (Å²) in [6.45, 7) is 4.49. The van der Waals surface area contributed by atoms with Gasteiger partial charge in [0.05, 0.1) is 27.7 Å². The van der Waals surface area contributed by atoms with Crippen LogP contribution in [0.4, 0.5) is 0 Å². The first kappa shape index (κ1) is 62.0. The lowest BCUT2D eigenvalue weighted by Gasteiger charge is -2.24. The molecule has 2 atom stereocenters. The van der Waals surface area contributed by atoms with Crippen LogP contribution in [0.3, 0.4) is 0 Å². The summed E-state index contributed by atoms with van der Waals surface area (Å²) in [5, 5.41) is 0. The predicted molar refractivity (Wildman–Crippen MR) is 266 cm³/mol. The Morgan fingerprint density at radius 3 is 1.02 bits per heavy atom. The van der Waals surface area contributed by atoms with Gasteiger partial charge >= 0.3 is 19.8 Å². The molecule has 0 radical (unpaired) electrons. The highest BCUT2D eigenvalue weighted by Crippen LogP contribution is 2.43. The van der Waals surface area contributed by atoms with E-state index in [1.807, 2.05) is 21.1 Å². The zero-order chi connectivity index (χ0) is 46.4. The number of unbranched alkanes of at least 4 members (excludes halogenated alkanes) is 37. The Morgan fingerprint density at radius 2 is 0.714 bits per heavy atom. The molecule has 0 rings (SSSR count). The van der Waals surface area contributed by atoms with E-state index in [0.29, 0.717) is 17.4 Å². The van der Waals surface area contributed by atoms with Gasteiger partial charge in [-0.15, -0.1) is 0 Å². The summed E-state index contributed by atoms with van der Waals surface area (Å²) in [7, 11) is 1.50. The molecule has 0 spiro atoms. The minimum atomic E-state index is -4.37. The van der Waals surface area contributed by atoms with Gasteiger partial charge in [-0.2, -0.15) is 0 Å². The number of phosphoric acid groups is 1. The van der Waals surface area contributed by atoms with Crippen LogP contribution in [-0.2, 0) is 32.7 Å². The molecule has 0 heterocycles. The smallest absolute Gasteiger partial charge is 0.462 e. The number of carbonyl (C=O) groups is 2. The van der Waals surface area contributed by atoms with Crippen LogP contribution in [0, 0.1) is 0 Å². The fourth-order valence-electron chi connectivity index (χ4n) is 8.14. The first-order valence-electron chi connectivity index (χ1n) is 27.3. The number of carbonyl (C=O) groups excluding carboxylic acids is 2. The van der Waals surface area contributed by atoms with Crippen LogP contribution < -0.4 is 0 Å². The summed E-state index contributed by atoms with van der Waals surface area (Å²) in [4.78, 5) is 35.5. The fourth-order valence-corrected chi connectivity index (χ4v) is 8.88. The van der Waals surface area contributed by atoms with E-state index in [-0.39, 0.29) is 25.6 Å². The van der Waals surface area contributed by atoms with Crippen molar-refractivity contribution in [3.05, 3.63) is 0 Å². The van der Waals surface area contributed by atoms with Gasteiger partial charge in [0, 0.05) is 12.8 Å². The van der Waals surface area contributed by atoms with Crippen LogP contribution in [0.5, 0.6) is 0 Å². The molecular formula is C53H107NO8P+. The molecule has 10 heteroatoms. The largest absolute Gasteiger partial charge is 0.472 e. The maximum atomic E-state index is 12.8. The molecule has 0 bridgehead atoms. The highest BCUT2D eigenvalue weighted by atomic mass is 31.2. The van der Waals surface area contributed by atoms with E-state index < -0.39 is 26.5 Å². The number of esters is 2. The average Bonchev–Trinajstić information content (AvgIpc) is 3.24. The molecule has 0 saturated carbocycles. The van der Waals surface area contributed by atoms with E-state index >= 15 is 0 Å². The lowest BCUT2D eigenvalue weighted by molar-refractivity contribution is -0.870. The van der Waals surface area contributed by atoms with E-state index in [1.165, 1.54) is 212 Å². The van der Waals surface area contributed by atoms with Gasteiger partial charge in [-0.25, -0.2) is 4.57 Å². The number of quaternary nitrogens is 1. The number of likely N-dealkylation sites (N-methyl/N-ethyl adjacent to an activating group) is 1. The molecular weight excluding hydrogens is 810 g/mol. The lowest BCUT2D eigenvalue weighted by atomic mass is 10.0. The minimum Gasteiger partial charge on any atom is -0.462 e. The Kier molecular flexibility index (Phi) is 45.4. The molecule has 0 aliphatic heterocycles. The molecule has 0 aromatic heterocycles. The summed E-state index contributed by atoms with van der Waals surface area (Å²) < 4.78 is 34.5. The van der Waals surface area contributed by atoms with E-state index in [2.05, 4.69) is 13.8 Å². The average molecular weight is 917 g/mol. The molecule has 2 unspecified atom stereocenters. The Hall–Kier alpha value is -0.990. The standard InChI is InChI=1S/C53H106NO8P/c1-6-8-10-12-14-16-18-20-22-23-24-25-26-27-28-29-30-31-32-34-36-38-40-42-44-46-53(56)62-51(50-61-63(57,58)60-48-47-54(3,4)5)49-59-52(55)45-43-41-39-37-35-33-21-19-17-15-13-11-9-7-2/h51H,6-50H2,1-5H3/p+1. The molecule has 0 aromatic rings. The first-order valence-corrected chi connectivity index (χ1v) is 28.8. The quantitative estimate of drug-likeness (QED) is 0.0278. The summed E-state index contributed by atoms with van der Waals surface area (Å²) >= 11 is 0. The van der Waals surface area contributed by atoms with Crippen molar-refractivity contribution in [3.63, 3.8) is 0 Å². The van der Waals surface area contributed by atoms with Crippen LogP contribution >= 0.6 is 7.82 Å². The summed E-state index contributed by atoms with van der Waals surface area (Å²) in [6, 6.07) is 0. The number of rotatable bonds is 51. The van der Waals surface area contributed by atoms with Crippen molar-refractivity contribution in [3.8, 4) is 0 Å². The maximum Gasteiger partial charge on any atom is 0.472 e. The molecule has 1 N–H and O–H groups in total. The normalized spacial score (nSPS) is 13.3. The molecule has 9 nitrogen and oxygen atoms in total. The second-order valence-corrected chi connectivity index (χ2v) is 21.4. The third-order valence-corrected chi connectivity index (χ3v) is 13.4. The van der Waals surface area contributed by atoms with Crippen molar-refractivity contribution in [1.29, 1.82) is 0 Å². The van der Waals surface area contributed by atoms with Crippen LogP contribution in [0.1, 0.15) is 277 Å². The molecule has 0 aliphatic rings. The van der Waals surface area contributed by atoms with Crippen molar-refractivity contribution in [1.82, 2.24) is 0 Å². The zero-order valence-electron chi connectivity index (χ0n) is 42.6. The Bertz CT molecular complexity index is 1040. The summed E-state index contributed by atoms with van der Waals surface area (Å²) in [5.74, 6) is -0.777. The van der Waals surface area contributed by atoms with Gasteiger partial charge in [0.25, 0.3) is 0 Å². The van der Waals surface area contributed by atoms with Crippen molar-refractivity contribution in [2.75, 3.05) is 47.5 Å². The van der Waals surface area contributed by atoms with E-state index in [9.17, 15) is 19.0 Å². The Balaban J connectivity index is 4.10. The second-order valence-electron chi connectivity index (χ2n) is 20.0. The highest BCUT2D eigenvalue weighted by molar-refractivity contribution is 7.47. The summed E-state index contributed by atoms with van der Waals surface area (Å²) in [6.07, 6.45) is 50.2.